The van der Waals surface area contributed by atoms with Crippen LogP contribution in [0.1, 0.15) is 19.8 Å². The summed E-state index contributed by atoms with van der Waals surface area (Å²) in [6.45, 7) is 6.22. The molecule has 0 amide bonds. The number of likely N-dealkylation sites (tertiary alicyclic amines) is 1. The number of carbonyl (C=O) groups is 2. The van der Waals surface area contributed by atoms with Crippen LogP contribution in [0.15, 0.2) is 30.3 Å². The lowest BCUT2D eigenvalue weighted by Crippen LogP contribution is -2.46. The smallest absolute Gasteiger partial charge is 0.333 e. The minimum absolute atomic E-state index is 0.0928. The van der Waals surface area contributed by atoms with Gasteiger partial charge in [0.1, 0.15) is 17.7 Å². The molecule has 0 bridgehead atoms. The van der Waals surface area contributed by atoms with Crippen LogP contribution >= 0.6 is 11.6 Å². The molecule has 12 heteroatoms. The topological polar surface area (TPSA) is 119 Å². The first-order chi connectivity index (χ1) is 17.9. The molecule has 0 spiro atoms. The van der Waals surface area contributed by atoms with Gasteiger partial charge in [0.25, 0.3) is 0 Å². The summed E-state index contributed by atoms with van der Waals surface area (Å²) in [5, 5.41) is 9.63. The Kier molecular flexibility index (Phi) is 7.45. The molecule has 2 aromatic heterocycles. The number of aliphatic carboxylic acids is 1. The zero-order valence-corrected chi connectivity index (χ0v) is 21.1. The highest BCUT2D eigenvalue weighted by Gasteiger charge is 2.29. The van der Waals surface area contributed by atoms with Crippen molar-refractivity contribution in [3.05, 3.63) is 35.4 Å². The number of pyridine rings is 1. The summed E-state index contributed by atoms with van der Waals surface area (Å²) in [7, 11) is 0. The number of carboxylic acids is 1. The summed E-state index contributed by atoms with van der Waals surface area (Å²) in [6, 6.07) is 9.17. The van der Waals surface area contributed by atoms with Crippen molar-refractivity contribution in [3.63, 3.8) is 0 Å². The van der Waals surface area contributed by atoms with Crippen LogP contribution in [-0.2, 0) is 14.3 Å². The molecule has 1 N–H and O–H groups in total. The molecule has 2 fully saturated rings. The Morgan fingerprint density at radius 1 is 1.16 bits per heavy atom. The van der Waals surface area contributed by atoms with Crippen LogP contribution in [0.3, 0.4) is 0 Å². The van der Waals surface area contributed by atoms with Gasteiger partial charge in [0.05, 0.1) is 23.9 Å². The molecule has 5 rings (SSSR count). The predicted molar refractivity (Wildman–Crippen MR) is 136 cm³/mol. The number of morpholine rings is 1. The van der Waals surface area contributed by atoms with Crippen LogP contribution in [-0.4, -0.2) is 88.7 Å². The number of nitrogens with zero attached hydrogens (tertiary/aromatic N) is 5. The van der Waals surface area contributed by atoms with Crippen molar-refractivity contribution in [1.82, 2.24) is 19.6 Å². The maximum atomic E-state index is 11.3. The van der Waals surface area contributed by atoms with Gasteiger partial charge in [-0.3, -0.25) is 14.5 Å². The van der Waals surface area contributed by atoms with E-state index >= 15 is 0 Å². The predicted octanol–water partition coefficient (Wildman–Crippen LogP) is 2.49. The van der Waals surface area contributed by atoms with Crippen molar-refractivity contribution in [2.45, 2.75) is 31.9 Å². The molecule has 1 aromatic carbocycles. The van der Waals surface area contributed by atoms with Gasteiger partial charge in [-0.15, -0.1) is 4.73 Å². The van der Waals surface area contributed by atoms with Crippen molar-refractivity contribution in [2.75, 3.05) is 44.3 Å². The largest absolute Gasteiger partial charge is 0.480 e. The molecule has 1 atom stereocenters. The standard InChI is InChI=1S/C25H28ClN5O6/c1-16(24(33)34)29-8-6-19(7-9-29)37-25-28-23-21(31(25)36-15-32)14-20(26)22(27-23)17-2-4-18(5-3-17)30-10-12-35-13-11-30/h2-5,14-16,19H,6-13H2,1H3,(H,33,34)/t16-/m0/s1. The normalized spacial score (nSPS) is 18.1. The Bertz CT molecular complexity index is 1270. The first kappa shape index (κ1) is 25.2. The van der Waals surface area contributed by atoms with Crippen LogP contribution in [0.25, 0.3) is 22.4 Å². The number of fused-ring (bicyclic) bond motifs is 1. The number of aromatic nitrogens is 3. The third-order valence-electron chi connectivity index (χ3n) is 6.85. The summed E-state index contributed by atoms with van der Waals surface area (Å²) in [4.78, 5) is 40.9. The molecule has 0 saturated carbocycles. The molecule has 0 aliphatic carbocycles. The number of hydrogen-bond acceptors (Lipinski definition) is 9. The molecular formula is C25H28ClN5O6. The van der Waals surface area contributed by atoms with E-state index in [1.165, 1.54) is 4.73 Å². The Labute approximate surface area is 218 Å². The van der Waals surface area contributed by atoms with Crippen LogP contribution in [0.5, 0.6) is 6.01 Å². The third-order valence-corrected chi connectivity index (χ3v) is 7.14. The van der Waals surface area contributed by atoms with Gasteiger partial charge < -0.3 is 24.3 Å². The molecule has 0 radical (unpaired) electrons. The number of benzene rings is 1. The minimum Gasteiger partial charge on any atom is -0.480 e. The lowest BCUT2D eigenvalue weighted by atomic mass is 10.1. The number of halogens is 1. The zero-order chi connectivity index (χ0) is 25.9. The maximum absolute atomic E-state index is 11.3. The molecular weight excluding hydrogens is 502 g/mol. The van der Waals surface area contributed by atoms with Gasteiger partial charge in [-0.25, -0.2) is 4.98 Å². The molecule has 0 unspecified atom stereocenters. The number of imidazole rings is 1. The number of hydrogen-bond donors (Lipinski definition) is 1. The second kappa shape index (κ2) is 10.9. The molecule has 2 saturated heterocycles. The van der Waals surface area contributed by atoms with Crippen molar-refractivity contribution in [3.8, 4) is 17.3 Å². The fourth-order valence-electron chi connectivity index (χ4n) is 4.70. The highest BCUT2D eigenvalue weighted by molar-refractivity contribution is 6.33. The molecule has 11 nitrogen and oxygen atoms in total. The van der Waals surface area contributed by atoms with E-state index in [2.05, 4.69) is 14.9 Å². The molecule has 2 aliphatic heterocycles. The van der Waals surface area contributed by atoms with Gasteiger partial charge in [-0.05, 0) is 38.0 Å². The quantitative estimate of drug-likeness (QED) is 0.436. The molecule has 3 aromatic rings. The van der Waals surface area contributed by atoms with Gasteiger partial charge in [0.15, 0.2) is 5.65 Å². The van der Waals surface area contributed by atoms with Gasteiger partial charge in [-0.2, -0.15) is 4.98 Å². The second-order valence-electron chi connectivity index (χ2n) is 9.07. The highest BCUT2D eigenvalue weighted by atomic mass is 35.5. The average molecular weight is 530 g/mol. The van der Waals surface area contributed by atoms with Crippen LogP contribution < -0.4 is 14.5 Å². The summed E-state index contributed by atoms with van der Waals surface area (Å²) >= 11 is 6.60. The van der Waals surface area contributed by atoms with Crippen molar-refractivity contribution in [1.29, 1.82) is 0 Å². The van der Waals surface area contributed by atoms with Crippen LogP contribution in [0.4, 0.5) is 5.69 Å². The summed E-state index contributed by atoms with van der Waals surface area (Å²) in [5.74, 6) is -0.852. The Morgan fingerprint density at radius 2 is 1.86 bits per heavy atom. The lowest BCUT2D eigenvalue weighted by molar-refractivity contribution is -0.143. The van der Waals surface area contributed by atoms with E-state index < -0.39 is 12.0 Å². The Hall–Kier alpha value is -3.41. The van der Waals surface area contributed by atoms with E-state index in [1.54, 1.807) is 13.0 Å². The molecule has 4 heterocycles. The SMILES string of the molecule is C[C@@H](C(=O)O)N1CCC(Oc2nc3nc(-c4ccc(N5CCOCC5)cc4)c(Cl)cc3n2OC=O)CC1. The first-order valence-electron chi connectivity index (χ1n) is 12.2. The van der Waals surface area contributed by atoms with Crippen molar-refractivity contribution < 1.29 is 29.0 Å². The van der Waals surface area contributed by atoms with Gasteiger partial charge in [-0.1, -0.05) is 23.7 Å². The summed E-state index contributed by atoms with van der Waals surface area (Å²) < 4.78 is 12.7. The molecule has 2 aliphatic rings. The van der Waals surface area contributed by atoms with Gasteiger partial charge in [0, 0.05) is 37.4 Å². The second-order valence-corrected chi connectivity index (χ2v) is 9.47. The summed E-state index contributed by atoms with van der Waals surface area (Å²) in [5.41, 5.74) is 3.22. The minimum atomic E-state index is -0.852. The number of carbonyl (C=O) groups excluding carboxylic acids is 1. The average Bonchev–Trinajstić information content (AvgIpc) is 3.24. The zero-order valence-electron chi connectivity index (χ0n) is 20.4. The van der Waals surface area contributed by atoms with E-state index in [4.69, 9.17) is 25.9 Å². The van der Waals surface area contributed by atoms with Crippen molar-refractivity contribution in [2.24, 2.45) is 0 Å². The Morgan fingerprint density at radius 3 is 2.51 bits per heavy atom. The summed E-state index contributed by atoms with van der Waals surface area (Å²) in [6.07, 6.45) is 0.999. The van der Waals surface area contributed by atoms with E-state index in [9.17, 15) is 14.7 Å². The maximum Gasteiger partial charge on any atom is 0.333 e. The van der Waals surface area contributed by atoms with Crippen LogP contribution in [0.2, 0.25) is 5.02 Å². The van der Waals surface area contributed by atoms with Crippen molar-refractivity contribution >= 4 is 40.9 Å². The molecule has 37 heavy (non-hydrogen) atoms. The van der Waals surface area contributed by atoms with Gasteiger partial charge in [0.2, 0.25) is 0 Å². The van der Waals surface area contributed by atoms with E-state index in [0.717, 1.165) is 24.3 Å². The monoisotopic (exact) mass is 529 g/mol. The highest BCUT2D eigenvalue weighted by Crippen LogP contribution is 2.32. The number of rotatable bonds is 8. The number of ether oxygens (including phenoxy) is 2. The lowest BCUT2D eigenvalue weighted by Gasteiger charge is -2.33. The number of anilines is 1. The number of carboxylic acid groups (broad SMARTS) is 1. The first-order valence-corrected chi connectivity index (χ1v) is 12.6. The van der Waals surface area contributed by atoms with E-state index in [0.29, 0.717) is 61.0 Å². The molecule has 196 valence electrons. The van der Waals surface area contributed by atoms with E-state index in [1.807, 2.05) is 29.2 Å². The fourth-order valence-corrected chi connectivity index (χ4v) is 4.95. The fraction of sp³-hybridized carbons (Fsp3) is 0.440. The van der Waals surface area contributed by atoms with Crippen LogP contribution in [0, 0.1) is 0 Å². The number of piperidine rings is 1. The Balaban J connectivity index is 1.37. The third kappa shape index (κ3) is 5.34. The van der Waals surface area contributed by atoms with E-state index in [-0.39, 0.29) is 18.6 Å². The van der Waals surface area contributed by atoms with Gasteiger partial charge >= 0.3 is 18.5 Å².